The number of halogens is 2. The summed E-state index contributed by atoms with van der Waals surface area (Å²) in [4.78, 5) is 20.0. The van der Waals surface area contributed by atoms with Crippen LogP contribution in [0.15, 0.2) is 38.4 Å². The molecule has 0 aliphatic carbocycles. The first-order chi connectivity index (χ1) is 9.60. The van der Waals surface area contributed by atoms with Crippen molar-refractivity contribution in [3.63, 3.8) is 0 Å². The Hall–Kier alpha value is -0.820. The highest BCUT2D eigenvalue weighted by molar-refractivity contribution is 9.10. The van der Waals surface area contributed by atoms with Crippen molar-refractivity contribution in [2.24, 2.45) is 0 Å². The van der Waals surface area contributed by atoms with E-state index in [0.717, 1.165) is 4.90 Å². The number of nitrogens with zero attached hydrogens (tertiary/aromatic N) is 1. The smallest absolute Gasteiger partial charge is 0.265 e. The molecule has 0 aliphatic heterocycles. The first-order valence-electron chi connectivity index (χ1n) is 5.75. The van der Waals surface area contributed by atoms with Crippen LogP contribution in [-0.4, -0.2) is 17.1 Å². The summed E-state index contributed by atoms with van der Waals surface area (Å²) in [5, 5.41) is 0.701. The van der Waals surface area contributed by atoms with Crippen LogP contribution in [-0.2, 0) is 17.1 Å². The maximum atomic E-state index is 11.8. The Morgan fingerprint density at radius 2 is 2.10 bits per heavy atom. The minimum atomic E-state index is -0.196. The highest BCUT2D eigenvalue weighted by atomic mass is 79.9. The largest absolute Gasteiger partial charge is 0.378 e. The fraction of sp³-hybridized carbons (Fsp3) is 0.231. The SMILES string of the molecule is COCc1nc(CSc2ccc(Cl)cc2)[nH]c(=O)c1Br. The van der Waals surface area contributed by atoms with Crippen LogP contribution in [0.3, 0.4) is 0 Å². The van der Waals surface area contributed by atoms with Crippen LogP contribution in [0.1, 0.15) is 11.5 Å². The lowest BCUT2D eigenvalue weighted by atomic mass is 10.4. The molecule has 4 nitrogen and oxygen atoms in total. The molecule has 0 spiro atoms. The second-order valence-corrected chi connectivity index (χ2v) is 6.23. The zero-order chi connectivity index (χ0) is 14.5. The van der Waals surface area contributed by atoms with E-state index in [1.54, 1.807) is 18.9 Å². The second kappa shape index (κ2) is 7.26. The van der Waals surface area contributed by atoms with Crippen molar-refractivity contribution in [2.75, 3.05) is 7.11 Å². The molecule has 0 fully saturated rings. The van der Waals surface area contributed by atoms with E-state index in [2.05, 4.69) is 25.9 Å². The van der Waals surface area contributed by atoms with Crippen molar-refractivity contribution in [3.8, 4) is 0 Å². The number of H-pyrrole nitrogens is 1. The van der Waals surface area contributed by atoms with Gasteiger partial charge in [0.25, 0.3) is 5.56 Å². The number of thioether (sulfide) groups is 1. The topological polar surface area (TPSA) is 55.0 Å². The summed E-state index contributed by atoms with van der Waals surface area (Å²) in [6, 6.07) is 7.52. The van der Waals surface area contributed by atoms with Crippen LogP contribution in [0, 0.1) is 0 Å². The zero-order valence-corrected chi connectivity index (χ0v) is 13.8. The van der Waals surface area contributed by atoms with Crippen molar-refractivity contribution >= 4 is 39.3 Å². The van der Waals surface area contributed by atoms with Gasteiger partial charge in [-0.05, 0) is 40.2 Å². The summed E-state index contributed by atoms with van der Waals surface area (Å²) in [5.41, 5.74) is 0.404. The van der Waals surface area contributed by atoms with Crippen LogP contribution < -0.4 is 5.56 Å². The molecule has 0 atom stereocenters. The molecular weight excluding hydrogens is 364 g/mol. The summed E-state index contributed by atoms with van der Waals surface area (Å²) < 4.78 is 5.44. The number of hydrogen-bond acceptors (Lipinski definition) is 4. The second-order valence-electron chi connectivity index (χ2n) is 3.95. The highest BCUT2D eigenvalue weighted by Crippen LogP contribution is 2.23. The molecule has 106 valence electrons. The lowest BCUT2D eigenvalue weighted by Crippen LogP contribution is -2.15. The summed E-state index contributed by atoms with van der Waals surface area (Å²) in [6.07, 6.45) is 0. The summed E-state index contributed by atoms with van der Waals surface area (Å²) in [7, 11) is 1.57. The quantitative estimate of drug-likeness (QED) is 0.811. The average molecular weight is 376 g/mol. The highest BCUT2D eigenvalue weighted by Gasteiger charge is 2.09. The monoisotopic (exact) mass is 374 g/mol. The predicted octanol–water partition coefficient (Wildman–Crippen LogP) is 3.62. The van der Waals surface area contributed by atoms with Crippen molar-refractivity contribution < 1.29 is 4.74 Å². The van der Waals surface area contributed by atoms with Gasteiger partial charge in [-0.2, -0.15) is 0 Å². The minimum Gasteiger partial charge on any atom is -0.378 e. The van der Waals surface area contributed by atoms with Crippen LogP contribution in [0.2, 0.25) is 5.02 Å². The van der Waals surface area contributed by atoms with Crippen molar-refractivity contribution in [3.05, 3.63) is 55.6 Å². The molecule has 2 aromatic rings. The molecule has 0 saturated carbocycles. The third-order valence-electron chi connectivity index (χ3n) is 2.45. The summed E-state index contributed by atoms with van der Waals surface area (Å²) in [6.45, 7) is 0.295. The van der Waals surface area contributed by atoms with Crippen molar-refractivity contribution in [2.45, 2.75) is 17.3 Å². The average Bonchev–Trinajstić information content (AvgIpc) is 2.44. The summed E-state index contributed by atoms with van der Waals surface area (Å²) in [5.74, 6) is 1.19. The Balaban J connectivity index is 2.13. The van der Waals surface area contributed by atoms with E-state index in [-0.39, 0.29) is 5.56 Å². The van der Waals surface area contributed by atoms with E-state index in [9.17, 15) is 4.79 Å². The normalized spacial score (nSPS) is 10.8. The molecule has 1 heterocycles. The summed E-state index contributed by atoms with van der Waals surface area (Å²) >= 11 is 10.6. The van der Waals surface area contributed by atoms with E-state index in [0.29, 0.717) is 33.4 Å². The van der Waals surface area contributed by atoms with Gasteiger partial charge in [0, 0.05) is 17.0 Å². The molecule has 0 unspecified atom stereocenters. The van der Waals surface area contributed by atoms with E-state index < -0.39 is 0 Å². The molecular formula is C13H12BrClN2O2S. The Kier molecular flexibility index (Phi) is 5.65. The maximum absolute atomic E-state index is 11.8. The van der Waals surface area contributed by atoms with Gasteiger partial charge in [0.2, 0.25) is 0 Å². The number of nitrogens with one attached hydrogen (secondary N) is 1. The lowest BCUT2D eigenvalue weighted by Gasteiger charge is -2.06. The Morgan fingerprint density at radius 1 is 1.40 bits per heavy atom. The van der Waals surface area contributed by atoms with Crippen LogP contribution in [0.25, 0.3) is 0 Å². The predicted molar refractivity (Wildman–Crippen MR) is 84.3 cm³/mol. The van der Waals surface area contributed by atoms with Crippen LogP contribution >= 0.6 is 39.3 Å². The number of methoxy groups -OCH3 is 1. The molecule has 0 radical (unpaired) electrons. The first kappa shape index (κ1) is 15.6. The van der Waals surface area contributed by atoms with E-state index in [1.807, 2.05) is 24.3 Å². The molecule has 0 amide bonds. The molecule has 7 heteroatoms. The number of hydrogen-bond donors (Lipinski definition) is 1. The van der Waals surface area contributed by atoms with Gasteiger partial charge in [-0.3, -0.25) is 4.79 Å². The van der Waals surface area contributed by atoms with Crippen molar-refractivity contribution in [1.82, 2.24) is 9.97 Å². The minimum absolute atomic E-state index is 0.196. The number of aromatic amines is 1. The number of rotatable bonds is 5. The molecule has 1 N–H and O–H groups in total. The van der Waals surface area contributed by atoms with Gasteiger partial charge in [0.05, 0.1) is 18.1 Å². The van der Waals surface area contributed by atoms with E-state index in [4.69, 9.17) is 16.3 Å². The van der Waals surface area contributed by atoms with Gasteiger partial charge in [-0.25, -0.2) is 4.98 Å². The molecule has 2 rings (SSSR count). The van der Waals surface area contributed by atoms with Crippen LogP contribution in [0.4, 0.5) is 0 Å². The van der Waals surface area contributed by atoms with Gasteiger partial charge in [0.15, 0.2) is 0 Å². The number of aromatic nitrogens is 2. The van der Waals surface area contributed by atoms with E-state index in [1.165, 1.54) is 0 Å². The molecule has 20 heavy (non-hydrogen) atoms. The van der Waals surface area contributed by atoms with Gasteiger partial charge in [0.1, 0.15) is 10.3 Å². The standard InChI is InChI=1S/C13H12BrClN2O2S/c1-19-6-10-12(14)13(18)17-11(16-10)7-20-9-4-2-8(15)3-5-9/h2-5H,6-7H2,1H3,(H,16,17,18). The Labute approximate surface area is 134 Å². The number of ether oxygens (including phenoxy) is 1. The Morgan fingerprint density at radius 3 is 2.75 bits per heavy atom. The lowest BCUT2D eigenvalue weighted by molar-refractivity contribution is 0.180. The maximum Gasteiger partial charge on any atom is 0.265 e. The van der Waals surface area contributed by atoms with E-state index >= 15 is 0 Å². The third-order valence-corrected chi connectivity index (χ3v) is 4.54. The Bertz CT molecular complexity index is 646. The molecule has 1 aromatic heterocycles. The molecule has 0 aliphatic rings. The van der Waals surface area contributed by atoms with Gasteiger partial charge in [-0.15, -0.1) is 11.8 Å². The van der Waals surface area contributed by atoms with Gasteiger partial charge in [-0.1, -0.05) is 11.6 Å². The fourth-order valence-electron chi connectivity index (χ4n) is 1.54. The molecule has 1 aromatic carbocycles. The zero-order valence-electron chi connectivity index (χ0n) is 10.7. The fourth-order valence-corrected chi connectivity index (χ4v) is 2.74. The first-order valence-corrected chi connectivity index (χ1v) is 7.90. The third kappa shape index (κ3) is 4.09. The van der Waals surface area contributed by atoms with Crippen molar-refractivity contribution in [1.29, 1.82) is 0 Å². The molecule has 0 saturated heterocycles. The van der Waals surface area contributed by atoms with Crippen LogP contribution in [0.5, 0.6) is 0 Å². The van der Waals surface area contributed by atoms with Gasteiger partial charge >= 0.3 is 0 Å². The molecule has 0 bridgehead atoms. The number of benzene rings is 1. The van der Waals surface area contributed by atoms with Gasteiger partial charge < -0.3 is 9.72 Å².